The van der Waals surface area contributed by atoms with Gasteiger partial charge >= 0.3 is 5.97 Å². The smallest absolute Gasteiger partial charge is 0.330 e. The van der Waals surface area contributed by atoms with Crippen LogP contribution >= 0.6 is 0 Å². The number of carbonyl (C=O) groups is 1. The molecule has 0 radical (unpaired) electrons. The number of hydrogen-bond acceptors (Lipinski definition) is 4. The highest BCUT2D eigenvalue weighted by atomic mass is 17.2. The van der Waals surface area contributed by atoms with Gasteiger partial charge in [0.15, 0.2) is 0 Å². The monoisotopic (exact) mass is 202 g/mol. The molecule has 0 aliphatic rings. The third-order valence-electron chi connectivity index (χ3n) is 1.03. The van der Waals surface area contributed by atoms with Crippen molar-refractivity contribution in [3.05, 3.63) is 12.2 Å². The summed E-state index contributed by atoms with van der Waals surface area (Å²) in [5, 5.41) is 0. The normalized spacial score (nSPS) is 11.6. The zero-order chi connectivity index (χ0) is 11.0. The summed E-state index contributed by atoms with van der Waals surface area (Å²) in [6.45, 7) is 7.55. The van der Waals surface area contributed by atoms with Crippen LogP contribution in [0.5, 0.6) is 0 Å². The third kappa shape index (κ3) is 9.22. The summed E-state index contributed by atoms with van der Waals surface area (Å²) in [4.78, 5) is 20.5. The van der Waals surface area contributed by atoms with Gasteiger partial charge in [0.1, 0.15) is 6.61 Å². The molecular weight excluding hydrogens is 184 g/mol. The van der Waals surface area contributed by atoms with Crippen LogP contribution in [0, 0.1) is 0 Å². The van der Waals surface area contributed by atoms with Gasteiger partial charge in [0.2, 0.25) is 0 Å². The maximum Gasteiger partial charge on any atom is 0.330 e. The fourth-order valence-electron chi connectivity index (χ4n) is 0.631. The van der Waals surface area contributed by atoms with Gasteiger partial charge in [0.05, 0.1) is 12.2 Å². The van der Waals surface area contributed by atoms with E-state index in [2.05, 4.69) is 0 Å². The first-order valence-electron chi connectivity index (χ1n) is 4.67. The number of ether oxygens (including phenoxy) is 1. The second-order valence-electron chi connectivity index (χ2n) is 3.32. The summed E-state index contributed by atoms with van der Waals surface area (Å²) >= 11 is 0. The molecule has 0 N–H and O–H groups in total. The Morgan fingerprint density at radius 3 is 2.36 bits per heavy atom. The van der Waals surface area contributed by atoms with E-state index in [1.165, 1.54) is 6.08 Å². The predicted octanol–water partition coefficient (Wildman–Crippen LogP) is 1.85. The number of esters is 1. The predicted molar refractivity (Wildman–Crippen MR) is 52.5 cm³/mol. The first kappa shape index (κ1) is 13.1. The van der Waals surface area contributed by atoms with E-state index in [1.54, 1.807) is 19.9 Å². The summed E-state index contributed by atoms with van der Waals surface area (Å²) in [5.41, 5.74) is 0. The third-order valence-corrected chi connectivity index (χ3v) is 1.03. The Labute approximate surface area is 84.8 Å². The van der Waals surface area contributed by atoms with Crippen molar-refractivity contribution < 1.29 is 19.3 Å². The number of carbonyl (C=O) groups excluding carboxylic acids is 1. The van der Waals surface area contributed by atoms with Crippen LogP contribution in [0.1, 0.15) is 27.7 Å². The molecule has 0 aromatic heterocycles. The van der Waals surface area contributed by atoms with Gasteiger partial charge in [-0.1, -0.05) is 0 Å². The second-order valence-corrected chi connectivity index (χ2v) is 3.32. The number of rotatable bonds is 6. The summed E-state index contributed by atoms with van der Waals surface area (Å²) in [5.74, 6) is -0.367. The molecule has 0 fully saturated rings. The summed E-state index contributed by atoms with van der Waals surface area (Å²) in [6.07, 6.45) is 2.79. The molecule has 0 aliphatic heterocycles. The molecule has 4 nitrogen and oxygen atoms in total. The molecule has 0 saturated heterocycles. The minimum absolute atomic E-state index is 0.0195. The van der Waals surface area contributed by atoms with E-state index in [-0.39, 0.29) is 24.8 Å². The zero-order valence-corrected chi connectivity index (χ0v) is 9.15. The Hall–Kier alpha value is -0.870. The van der Waals surface area contributed by atoms with Crippen molar-refractivity contribution in [1.29, 1.82) is 0 Å². The van der Waals surface area contributed by atoms with E-state index >= 15 is 0 Å². The summed E-state index contributed by atoms with van der Waals surface area (Å²) < 4.78 is 4.86. The van der Waals surface area contributed by atoms with Crippen molar-refractivity contribution >= 4 is 5.97 Å². The average molecular weight is 202 g/mol. The van der Waals surface area contributed by atoms with Crippen molar-refractivity contribution in [3.8, 4) is 0 Å². The number of hydrogen-bond donors (Lipinski definition) is 0. The Bertz CT molecular complexity index is 185. The molecular formula is C10H18O4. The molecule has 0 saturated carbocycles. The molecule has 0 amide bonds. The molecule has 0 unspecified atom stereocenters. The minimum Gasteiger partial charge on any atom is -0.460 e. The van der Waals surface area contributed by atoms with E-state index in [4.69, 9.17) is 14.5 Å². The van der Waals surface area contributed by atoms with Crippen LogP contribution in [0.3, 0.4) is 0 Å². The fourth-order valence-corrected chi connectivity index (χ4v) is 0.631. The molecule has 0 spiro atoms. The lowest BCUT2D eigenvalue weighted by Crippen LogP contribution is -2.09. The summed E-state index contributed by atoms with van der Waals surface area (Å²) in [6, 6.07) is 0. The Kier molecular flexibility index (Phi) is 7.06. The van der Waals surface area contributed by atoms with Crippen LogP contribution in [0.15, 0.2) is 12.2 Å². The molecule has 0 aliphatic carbocycles. The van der Waals surface area contributed by atoms with Crippen molar-refractivity contribution in [3.63, 3.8) is 0 Å². The van der Waals surface area contributed by atoms with Crippen molar-refractivity contribution in [2.24, 2.45) is 0 Å². The van der Waals surface area contributed by atoms with Crippen LogP contribution in [-0.4, -0.2) is 24.8 Å². The lowest BCUT2D eigenvalue weighted by molar-refractivity contribution is -0.309. The molecule has 14 heavy (non-hydrogen) atoms. The quantitative estimate of drug-likeness (QED) is 0.217. The standard InChI is InChI=1S/C10H18O4/c1-8(2)13-10(11)6-5-7-12-14-9(3)4/h5-6,8-9H,7H2,1-4H3. The van der Waals surface area contributed by atoms with Crippen LogP contribution in [-0.2, 0) is 19.3 Å². The van der Waals surface area contributed by atoms with Crippen LogP contribution in [0.2, 0.25) is 0 Å². The van der Waals surface area contributed by atoms with Gasteiger partial charge in [0.25, 0.3) is 0 Å². The highest BCUT2D eigenvalue weighted by Crippen LogP contribution is 1.92. The largest absolute Gasteiger partial charge is 0.460 e. The maximum atomic E-state index is 10.9. The molecule has 4 heteroatoms. The molecule has 0 rings (SSSR count). The van der Waals surface area contributed by atoms with Crippen molar-refractivity contribution in [1.82, 2.24) is 0 Å². The van der Waals surface area contributed by atoms with E-state index in [0.717, 1.165) is 0 Å². The molecule has 0 bridgehead atoms. The Morgan fingerprint density at radius 1 is 1.21 bits per heavy atom. The molecule has 82 valence electrons. The van der Waals surface area contributed by atoms with Gasteiger partial charge in [-0.15, -0.1) is 0 Å². The maximum absolute atomic E-state index is 10.9. The topological polar surface area (TPSA) is 44.8 Å². The highest BCUT2D eigenvalue weighted by molar-refractivity contribution is 5.81. The fraction of sp³-hybridized carbons (Fsp3) is 0.700. The molecule has 0 heterocycles. The molecule has 0 aromatic carbocycles. The van der Waals surface area contributed by atoms with E-state index < -0.39 is 0 Å². The molecule has 0 aromatic rings. The van der Waals surface area contributed by atoms with Crippen LogP contribution in [0.25, 0.3) is 0 Å². The van der Waals surface area contributed by atoms with Crippen LogP contribution in [0.4, 0.5) is 0 Å². The minimum atomic E-state index is -0.367. The van der Waals surface area contributed by atoms with Gasteiger partial charge in [0, 0.05) is 6.08 Å². The highest BCUT2D eigenvalue weighted by Gasteiger charge is 1.99. The Balaban J connectivity index is 3.47. The van der Waals surface area contributed by atoms with Gasteiger partial charge in [-0.05, 0) is 33.8 Å². The van der Waals surface area contributed by atoms with Gasteiger partial charge in [-0.2, -0.15) is 0 Å². The van der Waals surface area contributed by atoms with Gasteiger partial charge in [-0.3, -0.25) is 0 Å². The van der Waals surface area contributed by atoms with E-state index in [9.17, 15) is 4.79 Å². The lowest BCUT2D eigenvalue weighted by Gasteiger charge is -2.05. The zero-order valence-electron chi connectivity index (χ0n) is 9.15. The van der Waals surface area contributed by atoms with Gasteiger partial charge in [-0.25, -0.2) is 14.6 Å². The van der Waals surface area contributed by atoms with Gasteiger partial charge < -0.3 is 4.74 Å². The van der Waals surface area contributed by atoms with E-state index in [1.807, 2.05) is 13.8 Å². The SMILES string of the molecule is CC(C)OOCC=CC(=O)OC(C)C. The average Bonchev–Trinajstić information content (AvgIpc) is 2.01. The molecule has 0 atom stereocenters. The summed E-state index contributed by atoms with van der Waals surface area (Å²) in [7, 11) is 0. The lowest BCUT2D eigenvalue weighted by atomic mass is 10.4. The first-order chi connectivity index (χ1) is 6.52. The first-order valence-corrected chi connectivity index (χ1v) is 4.67. The van der Waals surface area contributed by atoms with Crippen molar-refractivity contribution in [2.75, 3.05) is 6.61 Å². The Morgan fingerprint density at radius 2 is 1.86 bits per heavy atom. The van der Waals surface area contributed by atoms with Crippen LogP contribution < -0.4 is 0 Å². The van der Waals surface area contributed by atoms with Crippen molar-refractivity contribution in [2.45, 2.75) is 39.9 Å². The van der Waals surface area contributed by atoms with E-state index in [0.29, 0.717) is 0 Å². The second kappa shape index (κ2) is 7.53.